The van der Waals surface area contributed by atoms with Crippen molar-refractivity contribution in [2.24, 2.45) is 11.3 Å². The fourth-order valence-electron chi connectivity index (χ4n) is 3.70. The molecule has 0 aromatic heterocycles. The first-order chi connectivity index (χ1) is 9.17. The predicted molar refractivity (Wildman–Crippen MR) is 76.3 cm³/mol. The third-order valence-corrected chi connectivity index (χ3v) is 6.41. The third kappa shape index (κ3) is 2.79. The number of carbonyl (C=O) groups excluding carboxylic acids is 1. The molecule has 0 aromatic carbocycles. The van der Waals surface area contributed by atoms with Crippen molar-refractivity contribution in [2.45, 2.75) is 45.4 Å². The van der Waals surface area contributed by atoms with Gasteiger partial charge in [-0.2, -0.15) is 0 Å². The van der Waals surface area contributed by atoms with E-state index in [1.807, 2.05) is 6.92 Å². The van der Waals surface area contributed by atoms with E-state index >= 15 is 0 Å². The van der Waals surface area contributed by atoms with Crippen LogP contribution >= 0.6 is 0 Å². The summed E-state index contributed by atoms with van der Waals surface area (Å²) in [6.07, 6.45) is 0.625. The minimum Gasteiger partial charge on any atom is -0.380 e. The van der Waals surface area contributed by atoms with Crippen molar-refractivity contribution in [3.05, 3.63) is 0 Å². The van der Waals surface area contributed by atoms with E-state index in [-0.39, 0.29) is 47.1 Å². The number of rotatable bonds is 3. The van der Waals surface area contributed by atoms with Gasteiger partial charge < -0.3 is 15.4 Å². The summed E-state index contributed by atoms with van der Waals surface area (Å²) in [5, 5.41) is 5.70. The molecule has 1 saturated carbocycles. The molecule has 2 N–H and O–H groups in total. The van der Waals surface area contributed by atoms with E-state index in [2.05, 4.69) is 24.5 Å². The lowest BCUT2D eigenvalue weighted by Crippen LogP contribution is -2.69. The molecule has 2 aliphatic rings. The molecule has 4 atom stereocenters. The van der Waals surface area contributed by atoms with Gasteiger partial charge in [-0.15, -0.1) is 0 Å². The highest BCUT2D eigenvalue weighted by Gasteiger charge is 2.55. The lowest BCUT2D eigenvalue weighted by Gasteiger charge is -2.56. The van der Waals surface area contributed by atoms with E-state index in [9.17, 15) is 13.2 Å². The molecule has 2 fully saturated rings. The Balaban J connectivity index is 1.87. The fraction of sp³-hybridized carbons (Fsp3) is 0.923. The summed E-state index contributed by atoms with van der Waals surface area (Å²) in [7, 11) is -1.29. The van der Waals surface area contributed by atoms with Gasteiger partial charge in [0.05, 0.1) is 17.6 Å². The Morgan fingerprint density at radius 2 is 1.95 bits per heavy atom. The Bertz CT molecular complexity index is 489. The van der Waals surface area contributed by atoms with Gasteiger partial charge in [0.1, 0.15) is 0 Å². The van der Waals surface area contributed by atoms with Gasteiger partial charge in [-0.05, 0) is 6.42 Å². The van der Waals surface area contributed by atoms with Crippen LogP contribution < -0.4 is 10.6 Å². The SMILES string of the molecule is CO[C@@H]1[C@H](C)[C@@H](NC(=O)N[C@H]2CCS(=O)(=O)C2)C1(C)C. The molecule has 116 valence electrons. The van der Waals surface area contributed by atoms with Gasteiger partial charge in [-0.3, -0.25) is 0 Å². The fourth-order valence-corrected chi connectivity index (χ4v) is 5.37. The smallest absolute Gasteiger partial charge is 0.315 e. The molecule has 2 rings (SSSR count). The highest BCUT2D eigenvalue weighted by molar-refractivity contribution is 7.91. The molecular weight excluding hydrogens is 280 g/mol. The zero-order chi connectivity index (χ0) is 15.1. The minimum absolute atomic E-state index is 0.0328. The number of nitrogens with one attached hydrogen (secondary N) is 2. The van der Waals surface area contributed by atoms with E-state index in [1.54, 1.807) is 7.11 Å². The molecule has 0 aromatic rings. The predicted octanol–water partition coefficient (Wildman–Crippen LogP) is 0.532. The van der Waals surface area contributed by atoms with Crippen molar-refractivity contribution in [2.75, 3.05) is 18.6 Å². The van der Waals surface area contributed by atoms with Crippen LogP contribution in [0.4, 0.5) is 4.79 Å². The summed E-state index contributed by atoms with van der Waals surface area (Å²) in [5.41, 5.74) is -0.118. The number of amides is 2. The summed E-state index contributed by atoms with van der Waals surface area (Å²) < 4.78 is 28.2. The number of carbonyl (C=O) groups is 1. The lowest BCUT2D eigenvalue weighted by molar-refractivity contribution is -0.140. The molecule has 0 unspecified atom stereocenters. The number of sulfone groups is 1. The van der Waals surface area contributed by atoms with Gasteiger partial charge in [0, 0.05) is 30.5 Å². The molecule has 20 heavy (non-hydrogen) atoms. The number of urea groups is 1. The summed E-state index contributed by atoms with van der Waals surface area (Å²) in [6, 6.07) is -0.520. The molecule has 6 nitrogen and oxygen atoms in total. The normalized spacial score (nSPS) is 38.0. The summed E-state index contributed by atoms with van der Waals surface area (Å²) in [4.78, 5) is 12.0. The first kappa shape index (κ1) is 15.6. The van der Waals surface area contributed by atoms with Crippen LogP contribution in [0.1, 0.15) is 27.2 Å². The number of hydrogen-bond donors (Lipinski definition) is 2. The van der Waals surface area contributed by atoms with Crippen LogP contribution in [-0.2, 0) is 14.6 Å². The van der Waals surface area contributed by atoms with Gasteiger partial charge in [-0.25, -0.2) is 13.2 Å². The summed E-state index contributed by atoms with van der Waals surface area (Å²) in [5.74, 6) is 0.452. The van der Waals surface area contributed by atoms with Gasteiger partial charge in [0.25, 0.3) is 0 Å². The maximum atomic E-state index is 12.0. The highest BCUT2D eigenvalue weighted by Crippen LogP contribution is 2.46. The van der Waals surface area contributed by atoms with Crippen LogP contribution in [0.15, 0.2) is 0 Å². The number of ether oxygens (including phenoxy) is 1. The third-order valence-electron chi connectivity index (χ3n) is 4.65. The highest BCUT2D eigenvalue weighted by atomic mass is 32.2. The number of hydrogen-bond acceptors (Lipinski definition) is 4. The first-order valence-electron chi connectivity index (χ1n) is 6.97. The molecule has 0 bridgehead atoms. The standard InChI is InChI=1S/C13H24N2O4S/c1-8-10(13(2,3)11(8)19-4)15-12(16)14-9-5-6-20(17,18)7-9/h8-11H,5-7H2,1-4H3,(H2,14,15,16)/t8-,9+,10-,11-/m1/s1. The summed E-state index contributed by atoms with van der Waals surface area (Å²) in [6.45, 7) is 6.17. The second-order valence-electron chi connectivity index (χ2n) is 6.53. The van der Waals surface area contributed by atoms with Crippen LogP contribution in [0.2, 0.25) is 0 Å². The average molecular weight is 304 g/mol. The maximum Gasteiger partial charge on any atom is 0.315 e. The molecule has 1 saturated heterocycles. The molecule has 1 heterocycles. The van der Waals surface area contributed by atoms with E-state index in [0.29, 0.717) is 6.42 Å². The van der Waals surface area contributed by atoms with Crippen LogP contribution in [0.5, 0.6) is 0 Å². The summed E-state index contributed by atoms with van der Waals surface area (Å²) >= 11 is 0. The zero-order valence-electron chi connectivity index (χ0n) is 12.5. The molecule has 7 heteroatoms. The van der Waals surface area contributed by atoms with E-state index < -0.39 is 9.84 Å². The van der Waals surface area contributed by atoms with E-state index in [1.165, 1.54) is 0 Å². The molecule has 2 amide bonds. The molecular formula is C13H24N2O4S. The Kier molecular flexibility index (Phi) is 4.03. The quantitative estimate of drug-likeness (QED) is 0.796. The van der Waals surface area contributed by atoms with Crippen LogP contribution in [0, 0.1) is 11.3 Å². The minimum atomic E-state index is -2.97. The van der Waals surface area contributed by atoms with Gasteiger partial charge in [0.2, 0.25) is 0 Å². The topological polar surface area (TPSA) is 84.5 Å². The van der Waals surface area contributed by atoms with Crippen molar-refractivity contribution in [1.82, 2.24) is 10.6 Å². The van der Waals surface area contributed by atoms with Crippen molar-refractivity contribution in [1.29, 1.82) is 0 Å². The Morgan fingerprint density at radius 1 is 1.30 bits per heavy atom. The monoisotopic (exact) mass is 304 g/mol. The second kappa shape index (κ2) is 5.18. The Labute approximate surface area is 120 Å². The van der Waals surface area contributed by atoms with Crippen LogP contribution in [0.3, 0.4) is 0 Å². The van der Waals surface area contributed by atoms with Crippen molar-refractivity contribution >= 4 is 15.9 Å². The second-order valence-corrected chi connectivity index (χ2v) is 8.76. The molecule has 1 aliphatic carbocycles. The van der Waals surface area contributed by atoms with Crippen molar-refractivity contribution in [3.63, 3.8) is 0 Å². The van der Waals surface area contributed by atoms with E-state index in [4.69, 9.17) is 4.74 Å². The average Bonchev–Trinajstić information content (AvgIpc) is 2.66. The van der Waals surface area contributed by atoms with Crippen molar-refractivity contribution in [3.8, 4) is 0 Å². The van der Waals surface area contributed by atoms with Crippen LogP contribution in [-0.4, -0.2) is 51.3 Å². The Morgan fingerprint density at radius 3 is 2.40 bits per heavy atom. The first-order valence-corrected chi connectivity index (χ1v) is 8.80. The van der Waals surface area contributed by atoms with Gasteiger partial charge >= 0.3 is 6.03 Å². The molecule has 0 radical (unpaired) electrons. The largest absolute Gasteiger partial charge is 0.380 e. The molecule has 1 aliphatic heterocycles. The zero-order valence-corrected chi connectivity index (χ0v) is 13.3. The van der Waals surface area contributed by atoms with E-state index in [0.717, 1.165) is 0 Å². The van der Waals surface area contributed by atoms with Crippen molar-refractivity contribution < 1.29 is 17.9 Å². The Hall–Kier alpha value is -0.820. The maximum absolute atomic E-state index is 12.0. The van der Waals surface area contributed by atoms with Gasteiger partial charge in [0.15, 0.2) is 9.84 Å². The lowest BCUT2D eigenvalue weighted by atomic mass is 9.58. The van der Waals surface area contributed by atoms with Crippen LogP contribution in [0.25, 0.3) is 0 Å². The molecule has 0 spiro atoms. The number of methoxy groups -OCH3 is 1. The van der Waals surface area contributed by atoms with Gasteiger partial charge in [-0.1, -0.05) is 20.8 Å².